The predicted molar refractivity (Wildman–Crippen MR) is 116 cm³/mol. The van der Waals surface area contributed by atoms with Gasteiger partial charge in [-0.15, -0.1) is 10.2 Å². The molecule has 4 aromatic rings. The second kappa shape index (κ2) is 7.94. The zero-order valence-corrected chi connectivity index (χ0v) is 17.2. The highest BCUT2D eigenvalue weighted by Crippen LogP contribution is 2.26. The number of hydrogen-bond acceptors (Lipinski definition) is 7. The summed E-state index contributed by atoms with van der Waals surface area (Å²) in [6.07, 6.45) is 0. The Morgan fingerprint density at radius 2 is 1.83 bits per heavy atom. The van der Waals surface area contributed by atoms with Crippen LogP contribution in [0.5, 0.6) is 5.75 Å². The molecule has 0 radical (unpaired) electrons. The fourth-order valence-electron chi connectivity index (χ4n) is 2.61. The number of fused-ring (bicyclic) bond motifs is 1. The van der Waals surface area contributed by atoms with E-state index in [0.717, 1.165) is 27.0 Å². The molecule has 0 unspecified atom stereocenters. The Kier molecular flexibility index (Phi) is 5.19. The SMILES string of the molecule is COc1ccc(C(=O)NC(=S)Nc2ccc(-c3nn4c(C)nnc4s3)cc2)cc1. The Balaban J connectivity index is 1.39. The number of carbonyl (C=O) groups excluding carboxylic acids is 1. The standard InChI is InChI=1S/C19H16N6O2S2/c1-11-22-23-19-25(11)24-17(29-19)13-3-7-14(8-4-13)20-18(28)21-16(26)12-5-9-15(27-2)10-6-12/h3-10H,1-2H3,(H2,20,21,26,28). The van der Waals surface area contributed by atoms with Gasteiger partial charge in [0.25, 0.3) is 5.91 Å². The molecule has 2 aromatic heterocycles. The minimum absolute atomic E-state index is 0.216. The van der Waals surface area contributed by atoms with Crippen molar-refractivity contribution in [2.45, 2.75) is 6.92 Å². The van der Waals surface area contributed by atoms with Gasteiger partial charge in [0.15, 0.2) is 10.9 Å². The van der Waals surface area contributed by atoms with Crippen molar-refractivity contribution < 1.29 is 9.53 Å². The van der Waals surface area contributed by atoms with Gasteiger partial charge in [0.05, 0.1) is 7.11 Å². The van der Waals surface area contributed by atoms with E-state index in [9.17, 15) is 4.79 Å². The lowest BCUT2D eigenvalue weighted by atomic mass is 10.2. The molecule has 0 saturated carbocycles. The molecule has 0 aliphatic rings. The molecule has 0 aliphatic carbocycles. The van der Waals surface area contributed by atoms with Crippen molar-refractivity contribution in [2.75, 3.05) is 12.4 Å². The lowest BCUT2D eigenvalue weighted by molar-refractivity contribution is 0.0977. The van der Waals surface area contributed by atoms with Crippen LogP contribution in [-0.2, 0) is 0 Å². The number of anilines is 1. The van der Waals surface area contributed by atoms with E-state index in [-0.39, 0.29) is 11.0 Å². The molecular weight excluding hydrogens is 408 g/mol. The molecule has 0 fully saturated rings. The molecule has 4 rings (SSSR count). The summed E-state index contributed by atoms with van der Waals surface area (Å²) in [4.78, 5) is 13.0. The number of aromatic nitrogens is 4. The first kappa shape index (κ1) is 19.0. The third kappa shape index (κ3) is 4.08. The first-order chi connectivity index (χ1) is 14.0. The summed E-state index contributed by atoms with van der Waals surface area (Å²) in [7, 11) is 1.57. The Hall–Kier alpha value is -3.37. The highest BCUT2D eigenvalue weighted by atomic mass is 32.1. The van der Waals surface area contributed by atoms with Gasteiger partial charge in [-0.2, -0.15) is 9.61 Å². The largest absolute Gasteiger partial charge is 0.497 e. The average Bonchev–Trinajstić information content (AvgIpc) is 3.30. The van der Waals surface area contributed by atoms with Gasteiger partial charge in [-0.1, -0.05) is 11.3 Å². The van der Waals surface area contributed by atoms with E-state index in [1.165, 1.54) is 11.3 Å². The third-order valence-electron chi connectivity index (χ3n) is 4.12. The molecule has 8 nitrogen and oxygen atoms in total. The molecule has 146 valence electrons. The van der Waals surface area contributed by atoms with E-state index >= 15 is 0 Å². The van der Waals surface area contributed by atoms with Gasteiger partial charge in [-0.3, -0.25) is 10.1 Å². The maximum Gasteiger partial charge on any atom is 0.257 e. The fraction of sp³-hybridized carbons (Fsp3) is 0.105. The lowest BCUT2D eigenvalue weighted by Gasteiger charge is -2.10. The number of thiocarbonyl (C=S) groups is 1. The van der Waals surface area contributed by atoms with Gasteiger partial charge in [-0.25, -0.2) is 0 Å². The van der Waals surface area contributed by atoms with Gasteiger partial charge in [-0.05, 0) is 67.7 Å². The zero-order chi connectivity index (χ0) is 20.4. The number of ether oxygens (including phenoxy) is 1. The number of hydrogen-bond donors (Lipinski definition) is 2. The quantitative estimate of drug-likeness (QED) is 0.486. The van der Waals surface area contributed by atoms with Crippen molar-refractivity contribution in [3.63, 3.8) is 0 Å². The highest BCUT2D eigenvalue weighted by molar-refractivity contribution is 7.80. The van der Waals surface area contributed by atoms with Crippen LogP contribution in [-0.4, -0.2) is 37.9 Å². The molecular formula is C19H16N6O2S2. The number of carbonyl (C=O) groups is 1. The molecule has 0 aliphatic heterocycles. The number of rotatable bonds is 4. The van der Waals surface area contributed by atoms with Gasteiger partial charge in [0.2, 0.25) is 4.96 Å². The average molecular weight is 425 g/mol. The molecule has 10 heteroatoms. The Bertz CT molecular complexity index is 1180. The van der Waals surface area contributed by atoms with Crippen molar-refractivity contribution in [3.8, 4) is 16.3 Å². The van der Waals surface area contributed by atoms with E-state index in [1.54, 1.807) is 35.9 Å². The van der Waals surface area contributed by atoms with Crippen LogP contribution in [0.15, 0.2) is 48.5 Å². The summed E-state index contributed by atoms with van der Waals surface area (Å²) in [6, 6.07) is 14.4. The van der Waals surface area contributed by atoms with Crippen LogP contribution < -0.4 is 15.4 Å². The molecule has 2 heterocycles. The Labute approximate surface area is 175 Å². The van der Waals surface area contributed by atoms with Crippen molar-refractivity contribution in [1.82, 2.24) is 25.1 Å². The van der Waals surface area contributed by atoms with E-state index in [1.807, 2.05) is 31.2 Å². The topological polar surface area (TPSA) is 93.4 Å². The number of benzene rings is 2. The number of nitrogens with zero attached hydrogens (tertiary/aromatic N) is 4. The molecule has 0 atom stereocenters. The van der Waals surface area contributed by atoms with Crippen molar-refractivity contribution in [2.24, 2.45) is 0 Å². The summed E-state index contributed by atoms with van der Waals surface area (Å²) < 4.78 is 6.81. The van der Waals surface area contributed by atoms with Gasteiger partial charge in [0, 0.05) is 16.8 Å². The maximum absolute atomic E-state index is 12.3. The van der Waals surface area contributed by atoms with E-state index in [0.29, 0.717) is 11.3 Å². The fourth-order valence-corrected chi connectivity index (χ4v) is 3.71. The second-order valence-electron chi connectivity index (χ2n) is 6.06. The van der Waals surface area contributed by atoms with Crippen LogP contribution in [0, 0.1) is 6.92 Å². The van der Waals surface area contributed by atoms with Crippen molar-refractivity contribution in [3.05, 3.63) is 59.9 Å². The molecule has 0 saturated heterocycles. The summed E-state index contributed by atoms with van der Waals surface area (Å²) in [5.74, 6) is 1.14. The Morgan fingerprint density at radius 3 is 2.48 bits per heavy atom. The normalized spacial score (nSPS) is 10.7. The van der Waals surface area contributed by atoms with Crippen molar-refractivity contribution >= 4 is 45.2 Å². The second-order valence-corrected chi connectivity index (χ2v) is 7.43. The molecule has 2 aromatic carbocycles. The van der Waals surface area contributed by atoms with E-state index in [4.69, 9.17) is 17.0 Å². The first-order valence-corrected chi connectivity index (χ1v) is 9.81. The molecule has 29 heavy (non-hydrogen) atoms. The van der Waals surface area contributed by atoms with Crippen LogP contribution in [0.2, 0.25) is 0 Å². The first-order valence-electron chi connectivity index (χ1n) is 8.59. The maximum atomic E-state index is 12.3. The summed E-state index contributed by atoms with van der Waals surface area (Å²) in [6.45, 7) is 1.86. The number of methoxy groups -OCH3 is 1. The third-order valence-corrected chi connectivity index (χ3v) is 5.27. The highest BCUT2D eigenvalue weighted by Gasteiger charge is 2.11. The smallest absolute Gasteiger partial charge is 0.257 e. The van der Waals surface area contributed by atoms with Gasteiger partial charge in [0.1, 0.15) is 10.8 Å². The summed E-state index contributed by atoms with van der Waals surface area (Å²) in [5, 5.41) is 19.3. The van der Waals surface area contributed by atoms with Crippen LogP contribution in [0.1, 0.15) is 16.2 Å². The number of aryl methyl sites for hydroxylation is 1. The zero-order valence-electron chi connectivity index (χ0n) is 15.5. The monoisotopic (exact) mass is 424 g/mol. The minimum atomic E-state index is -0.295. The molecule has 1 amide bonds. The molecule has 0 bridgehead atoms. The van der Waals surface area contributed by atoms with Crippen LogP contribution in [0.4, 0.5) is 5.69 Å². The predicted octanol–water partition coefficient (Wildman–Crippen LogP) is 3.30. The van der Waals surface area contributed by atoms with Crippen LogP contribution in [0.3, 0.4) is 0 Å². The van der Waals surface area contributed by atoms with Gasteiger partial charge < -0.3 is 10.1 Å². The van der Waals surface area contributed by atoms with E-state index < -0.39 is 0 Å². The summed E-state index contributed by atoms with van der Waals surface area (Å²) in [5.41, 5.74) is 2.20. The van der Waals surface area contributed by atoms with Crippen molar-refractivity contribution in [1.29, 1.82) is 0 Å². The van der Waals surface area contributed by atoms with Crippen LogP contribution >= 0.6 is 23.6 Å². The van der Waals surface area contributed by atoms with E-state index in [2.05, 4.69) is 25.9 Å². The molecule has 2 N–H and O–H groups in total. The molecule has 0 spiro atoms. The number of nitrogens with one attached hydrogen (secondary N) is 2. The number of amides is 1. The minimum Gasteiger partial charge on any atom is -0.497 e. The lowest BCUT2D eigenvalue weighted by Crippen LogP contribution is -2.34. The Morgan fingerprint density at radius 1 is 1.10 bits per heavy atom. The van der Waals surface area contributed by atoms with Gasteiger partial charge >= 0.3 is 0 Å². The summed E-state index contributed by atoms with van der Waals surface area (Å²) >= 11 is 6.70. The van der Waals surface area contributed by atoms with Crippen LogP contribution in [0.25, 0.3) is 15.5 Å².